The smallest absolute Gasteiger partial charge is 0.114 e. The van der Waals surface area contributed by atoms with Gasteiger partial charge < -0.3 is 4.74 Å². The van der Waals surface area contributed by atoms with E-state index in [0.29, 0.717) is 12.5 Å². The third-order valence-electron chi connectivity index (χ3n) is 5.84. The first-order valence-electron chi connectivity index (χ1n) is 10.2. The summed E-state index contributed by atoms with van der Waals surface area (Å²) in [6.07, 6.45) is 6.62. The third-order valence-corrected chi connectivity index (χ3v) is 5.84. The second-order valence-corrected chi connectivity index (χ2v) is 8.11. The minimum absolute atomic E-state index is 0.550. The Labute approximate surface area is 170 Å². The predicted molar refractivity (Wildman–Crippen MR) is 120 cm³/mol. The minimum Gasteiger partial charge on any atom is -0.490 e. The van der Waals surface area contributed by atoms with Crippen molar-refractivity contribution in [2.24, 2.45) is 5.92 Å². The first kappa shape index (κ1) is 20.2. The van der Waals surface area contributed by atoms with Crippen molar-refractivity contribution in [3.63, 3.8) is 0 Å². The van der Waals surface area contributed by atoms with E-state index in [4.69, 9.17) is 4.74 Å². The van der Waals surface area contributed by atoms with E-state index in [0.717, 1.165) is 18.6 Å². The molecule has 0 spiro atoms. The Morgan fingerprint density at radius 3 is 2.36 bits per heavy atom. The Hall–Kier alpha value is -2.54. The van der Waals surface area contributed by atoms with Crippen molar-refractivity contribution < 1.29 is 4.74 Å². The Balaban J connectivity index is 1.78. The normalized spacial score (nSPS) is 19.4. The lowest BCUT2D eigenvalue weighted by molar-refractivity contribution is 0.212. The Morgan fingerprint density at radius 1 is 1.04 bits per heavy atom. The molecule has 1 saturated carbocycles. The van der Waals surface area contributed by atoms with Gasteiger partial charge in [-0.25, -0.2) is 0 Å². The summed E-state index contributed by atoms with van der Waals surface area (Å²) < 4.78 is 6.05. The highest BCUT2D eigenvalue weighted by Gasteiger charge is 2.20. The summed E-state index contributed by atoms with van der Waals surface area (Å²) in [4.78, 5) is 0. The lowest BCUT2D eigenvalue weighted by atomic mass is 9.91. The molecule has 0 amide bonds. The molecule has 0 aliphatic heterocycles. The van der Waals surface area contributed by atoms with E-state index in [-0.39, 0.29) is 0 Å². The monoisotopic (exact) mass is 372 g/mol. The molecule has 1 heteroatoms. The molecule has 0 unspecified atom stereocenters. The number of benzene rings is 2. The van der Waals surface area contributed by atoms with Crippen molar-refractivity contribution in [1.82, 2.24) is 0 Å². The summed E-state index contributed by atoms with van der Waals surface area (Å²) in [5, 5.41) is 0. The van der Waals surface area contributed by atoms with Crippen molar-refractivity contribution in [2.45, 2.75) is 54.1 Å². The van der Waals surface area contributed by atoms with Crippen LogP contribution in [0.2, 0.25) is 0 Å². The van der Waals surface area contributed by atoms with Gasteiger partial charge in [0, 0.05) is 0 Å². The van der Waals surface area contributed by atoms with Crippen molar-refractivity contribution in [1.29, 1.82) is 0 Å². The number of rotatable bonds is 5. The number of aryl methyl sites for hydroxylation is 2. The van der Waals surface area contributed by atoms with Gasteiger partial charge in [0.05, 0.1) is 0 Å². The molecule has 1 atom stereocenters. The second kappa shape index (κ2) is 8.65. The fourth-order valence-electron chi connectivity index (χ4n) is 4.30. The molecule has 0 N–H and O–H groups in total. The van der Waals surface area contributed by atoms with Crippen LogP contribution in [-0.2, 0) is 11.3 Å². The first-order chi connectivity index (χ1) is 13.4. The molecule has 1 aliphatic carbocycles. The maximum atomic E-state index is 6.05. The van der Waals surface area contributed by atoms with Gasteiger partial charge in [0.25, 0.3) is 0 Å². The second-order valence-electron chi connectivity index (χ2n) is 8.11. The number of hydrogen-bond acceptors (Lipinski definition) is 1. The van der Waals surface area contributed by atoms with Gasteiger partial charge in [-0.05, 0) is 97.1 Å². The molecular weight excluding hydrogens is 340 g/mol. The predicted octanol–water partition coefficient (Wildman–Crippen LogP) is 7.61. The van der Waals surface area contributed by atoms with Crippen molar-refractivity contribution >= 4 is 0 Å². The maximum absolute atomic E-state index is 6.05. The molecular formula is C27H32O. The molecule has 3 rings (SSSR count). The molecule has 0 heterocycles. The van der Waals surface area contributed by atoms with Crippen LogP contribution in [0.4, 0.5) is 0 Å². The molecule has 146 valence electrons. The van der Waals surface area contributed by atoms with Crippen LogP contribution in [-0.4, -0.2) is 0 Å². The van der Waals surface area contributed by atoms with E-state index in [9.17, 15) is 0 Å². The quantitative estimate of drug-likeness (QED) is 0.491. The highest BCUT2D eigenvalue weighted by atomic mass is 16.5. The average Bonchev–Trinajstić information content (AvgIpc) is 3.01. The Bertz CT molecular complexity index is 922. The van der Waals surface area contributed by atoms with Gasteiger partial charge in [0.2, 0.25) is 0 Å². The number of hydrogen-bond donors (Lipinski definition) is 0. The Kier molecular flexibility index (Phi) is 6.24. The molecule has 0 saturated heterocycles. The molecule has 28 heavy (non-hydrogen) atoms. The topological polar surface area (TPSA) is 9.23 Å². The lowest BCUT2D eigenvalue weighted by Gasteiger charge is -2.16. The van der Waals surface area contributed by atoms with Crippen molar-refractivity contribution in [2.75, 3.05) is 0 Å². The summed E-state index contributed by atoms with van der Waals surface area (Å²) in [5.41, 5.74) is 10.6. The molecule has 0 radical (unpaired) electrons. The lowest BCUT2D eigenvalue weighted by Crippen LogP contribution is -1.98. The van der Waals surface area contributed by atoms with Gasteiger partial charge in [0.1, 0.15) is 12.4 Å². The first-order valence-corrected chi connectivity index (χ1v) is 10.2. The molecule has 1 fully saturated rings. The molecule has 1 nitrogen and oxygen atoms in total. The summed E-state index contributed by atoms with van der Waals surface area (Å²) >= 11 is 0. The molecule has 2 aromatic carbocycles. The van der Waals surface area contributed by atoms with Gasteiger partial charge in [-0.3, -0.25) is 0 Å². The fourth-order valence-corrected chi connectivity index (χ4v) is 4.30. The van der Waals surface area contributed by atoms with Crippen LogP contribution in [0.5, 0.6) is 0 Å². The van der Waals surface area contributed by atoms with Gasteiger partial charge in [-0.2, -0.15) is 0 Å². The molecule has 0 bridgehead atoms. The zero-order chi connectivity index (χ0) is 20.3. The fraction of sp³-hybridized carbons (Fsp3) is 0.333. The number of allylic oxidation sites excluding steroid dienone is 4. The largest absolute Gasteiger partial charge is 0.490 e. The number of ether oxygens (including phenoxy) is 1. The van der Waals surface area contributed by atoms with Crippen molar-refractivity contribution in [3.05, 3.63) is 94.3 Å². The zero-order valence-electron chi connectivity index (χ0n) is 17.9. The Morgan fingerprint density at radius 2 is 1.68 bits per heavy atom. The standard InChI is InChI=1S/C27H32O/c1-7-23-14-18(2)15-25(23)16-21(5)28-17-24-12-9-13-26(22(24)6)27-19(3)10-8-11-20(27)4/h7-13,16,18H,5,14-15,17H2,1-4,6H3/b23-7-,25-16-/t18-/m1/s1. The zero-order valence-corrected chi connectivity index (χ0v) is 17.9. The molecule has 2 aromatic rings. The van der Waals surface area contributed by atoms with E-state index in [2.05, 4.69) is 89.7 Å². The van der Waals surface area contributed by atoms with E-state index >= 15 is 0 Å². The highest BCUT2D eigenvalue weighted by molar-refractivity contribution is 5.74. The van der Waals surface area contributed by atoms with E-state index < -0.39 is 0 Å². The maximum Gasteiger partial charge on any atom is 0.114 e. The van der Waals surface area contributed by atoms with Crippen LogP contribution >= 0.6 is 0 Å². The van der Waals surface area contributed by atoms with Crippen LogP contribution in [0.3, 0.4) is 0 Å². The van der Waals surface area contributed by atoms with E-state index in [1.165, 1.54) is 44.5 Å². The minimum atomic E-state index is 0.550. The third kappa shape index (κ3) is 4.30. The van der Waals surface area contributed by atoms with Crippen LogP contribution in [0, 0.1) is 26.7 Å². The van der Waals surface area contributed by atoms with E-state index in [1.54, 1.807) is 0 Å². The highest BCUT2D eigenvalue weighted by Crippen LogP contribution is 2.36. The summed E-state index contributed by atoms with van der Waals surface area (Å²) in [5.74, 6) is 1.46. The average molecular weight is 373 g/mol. The van der Waals surface area contributed by atoms with Crippen LogP contribution < -0.4 is 0 Å². The summed E-state index contributed by atoms with van der Waals surface area (Å²) in [6, 6.07) is 13.0. The van der Waals surface area contributed by atoms with Crippen LogP contribution in [0.1, 0.15) is 48.9 Å². The van der Waals surface area contributed by atoms with Crippen LogP contribution in [0.15, 0.2) is 72.0 Å². The van der Waals surface area contributed by atoms with Crippen LogP contribution in [0.25, 0.3) is 11.1 Å². The molecule has 1 aliphatic rings. The summed E-state index contributed by atoms with van der Waals surface area (Å²) in [6.45, 7) is 15.7. The SMILES string of the molecule is C=C(/C=C1/C[C@H](C)C/C1=C/C)OCc1cccc(-c2c(C)cccc2C)c1C. The van der Waals surface area contributed by atoms with Gasteiger partial charge in [-0.1, -0.05) is 56.0 Å². The van der Waals surface area contributed by atoms with Crippen molar-refractivity contribution in [3.8, 4) is 11.1 Å². The van der Waals surface area contributed by atoms with Gasteiger partial charge in [0.15, 0.2) is 0 Å². The molecule has 0 aromatic heterocycles. The van der Waals surface area contributed by atoms with Gasteiger partial charge in [-0.15, -0.1) is 0 Å². The van der Waals surface area contributed by atoms with E-state index in [1.807, 2.05) is 0 Å². The summed E-state index contributed by atoms with van der Waals surface area (Å²) in [7, 11) is 0. The van der Waals surface area contributed by atoms with Gasteiger partial charge >= 0.3 is 0 Å².